The van der Waals surface area contributed by atoms with Gasteiger partial charge in [0.1, 0.15) is 5.69 Å². The number of rotatable bonds is 2. The fourth-order valence-corrected chi connectivity index (χ4v) is 2.15. The highest BCUT2D eigenvalue weighted by Gasteiger charge is 2.15. The van der Waals surface area contributed by atoms with E-state index in [0.717, 1.165) is 31.9 Å². The molecule has 88 valence electrons. The van der Waals surface area contributed by atoms with Crippen LogP contribution < -0.4 is 10.2 Å². The summed E-state index contributed by atoms with van der Waals surface area (Å²) in [5.74, 6) is 0. The van der Waals surface area contributed by atoms with Gasteiger partial charge in [-0.25, -0.2) is 0 Å². The molecule has 0 spiro atoms. The summed E-state index contributed by atoms with van der Waals surface area (Å²) in [6.45, 7) is 4.11. The highest BCUT2D eigenvalue weighted by molar-refractivity contribution is 5.62. The first-order chi connectivity index (χ1) is 8.45. The number of para-hydroxylation sites is 2. The third-order valence-corrected chi connectivity index (χ3v) is 2.97. The number of hydrogen-bond donors (Lipinski definition) is 1. The maximum atomic E-state index is 4.21. The molecule has 2 heterocycles. The van der Waals surface area contributed by atoms with Gasteiger partial charge >= 0.3 is 0 Å². The SMILES string of the molecule is c1ccc(-n2nccn2)c(N2CCNCC2)c1. The predicted molar refractivity (Wildman–Crippen MR) is 66.4 cm³/mol. The van der Waals surface area contributed by atoms with Crippen molar-refractivity contribution in [3.05, 3.63) is 36.7 Å². The molecule has 0 aliphatic carbocycles. The lowest BCUT2D eigenvalue weighted by atomic mass is 10.2. The summed E-state index contributed by atoms with van der Waals surface area (Å²) in [4.78, 5) is 4.05. The predicted octanol–water partition coefficient (Wildman–Crippen LogP) is 0.677. The Balaban J connectivity index is 1.98. The van der Waals surface area contributed by atoms with E-state index in [0.29, 0.717) is 0 Å². The number of benzene rings is 1. The summed E-state index contributed by atoms with van der Waals surface area (Å²) in [7, 11) is 0. The summed E-state index contributed by atoms with van der Waals surface area (Å²) in [6.07, 6.45) is 3.41. The van der Waals surface area contributed by atoms with Crippen molar-refractivity contribution in [1.29, 1.82) is 0 Å². The van der Waals surface area contributed by atoms with E-state index >= 15 is 0 Å². The first-order valence-corrected chi connectivity index (χ1v) is 5.86. The van der Waals surface area contributed by atoms with Gasteiger partial charge in [0.05, 0.1) is 18.1 Å². The van der Waals surface area contributed by atoms with Crippen molar-refractivity contribution in [2.24, 2.45) is 0 Å². The van der Waals surface area contributed by atoms with E-state index in [1.807, 2.05) is 6.07 Å². The Morgan fingerprint density at radius 3 is 2.29 bits per heavy atom. The minimum atomic E-state index is 1.03. The average Bonchev–Trinajstić information content (AvgIpc) is 2.94. The van der Waals surface area contributed by atoms with Crippen molar-refractivity contribution in [2.45, 2.75) is 0 Å². The number of anilines is 1. The van der Waals surface area contributed by atoms with Gasteiger partial charge in [0.2, 0.25) is 0 Å². The summed E-state index contributed by atoms with van der Waals surface area (Å²) in [5.41, 5.74) is 2.24. The number of aromatic nitrogens is 3. The zero-order chi connectivity index (χ0) is 11.5. The third kappa shape index (κ3) is 2.01. The van der Waals surface area contributed by atoms with E-state index < -0.39 is 0 Å². The molecule has 5 nitrogen and oxygen atoms in total. The van der Waals surface area contributed by atoms with Crippen LogP contribution in [0, 0.1) is 0 Å². The van der Waals surface area contributed by atoms with E-state index in [-0.39, 0.29) is 0 Å². The highest BCUT2D eigenvalue weighted by Crippen LogP contribution is 2.23. The van der Waals surface area contributed by atoms with Crippen LogP contribution in [0.3, 0.4) is 0 Å². The molecule has 0 amide bonds. The molecule has 0 bridgehead atoms. The molecule has 0 unspecified atom stereocenters. The Hall–Kier alpha value is -1.88. The minimum Gasteiger partial charge on any atom is -0.367 e. The maximum Gasteiger partial charge on any atom is 0.109 e. The van der Waals surface area contributed by atoms with Crippen LogP contribution in [0.4, 0.5) is 5.69 Å². The summed E-state index contributed by atoms with van der Waals surface area (Å²) in [5, 5.41) is 11.8. The van der Waals surface area contributed by atoms with Crippen LogP contribution in [0.2, 0.25) is 0 Å². The van der Waals surface area contributed by atoms with Crippen molar-refractivity contribution in [3.63, 3.8) is 0 Å². The monoisotopic (exact) mass is 229 g/mol. The van der Waals surface area contributed by atoms with Gasteiger partial charge in [-0.05, 0) is 12.1 Å². The Morgan fingerprint density at radius 2 is 1.59 bits per heavy atom. The molecule has 1 saturated heterocycles. The van der Waals surface area contributed by atoms with Crippen LogP contribution in [0.5, 0.6) is 0 Å². The molecule has 5 heteroatoms. The van der Waals surface area contributed by atoms with Crippen molar-refractivity contribution in [2.75, 3.05) is 31.1 Å². The van der Waals surface area contributed by atoms with Gasteiger partial charge in [-0.2, -0.15) is 10.2 Å². The van der Waals surface area contributed by atoms with E-state index in [1.165, 1.54) is 5.69 Å². The molecule has 2 aromatic rings. The fourth-order valence-electron chi connectivity index (χ4n) is 2.15. The molecule has 1 fully saturated rings. The first kappa shape index (κ1) is 10.3. The van der Waals surface area contributed by atoms with Gasteiger partial charge in [-0.15, -0.1) is 4.80 Å². The second-order valence-corrected chi connectivity index (χ2v) is 4.04. The van der Waals surface area contributed by atoms with E-state index in [9.17, 15) is 0 Å². The molecule has 3 rings (SSSR count). The van der Waals surface area contributed by atoms with Crippen LogP contribution in [-0.4, -0.2) is 41.2 Å². The summed E-state index contributed by atoms with van der Waals surface area (Å²) in [6, 6.07) is 8.26. The van der Waals surface area contributed by atoms with E-state index in [4.69, 9.17) is 0 Å². The summed E-state index contributed by atoms with van der Waals surface area (Å²) < 4.78 is 0. The zero-order valence-corrected chi connectivity index (χ0v) is 9.58. The largest absolute Gasteiger partial charge is 0.367 e. The van der Waals surface area contributed by atoms with Crippen molar-refractivity contribution in [1.82, 2.24) is 20.3 Å². The standard InChI is InChI=1S/C12H15N5/c1-2-4-12(17-14-5-6-15-17)11(3-1)16-9-7-13-8-10-16/h1-6,13H,7-10H2. The Morgan fingerprint density at radius 1 is 0.941 bits per heavy atom. The van der Waals surface area contributed by atoms with Gasteiger partial charge in [0.15, 0.2) is 0 Å². The normalized spacial score (nSPS) is 16.1. The van der Waals surface area contributed by atoms with Crippen LogP contribution in [0.25, 0.3) is 5.69 Å². The Bertz CT molecular complexity index is 473. The molecule has 0 saturated carbocycles. The van der Waals surface area contributed by atoms with Gasteiger partial charge in [-0.3, -0.25) is 0 Å². The smallest absolute Gasteiger partial charge is 0.109 e. The average molecular weight is 229 g/mol. The van der Waals surface area contributed by atoms with Gasteiger partial charge < -0.3 is 10.2 Å². The molecular weight excluding hydrogens is 214 g/mol. The van der Waals surface area contributed by atoms with Crippen LogP contribution in [-0.2, 0) is 0 Å². The maximum absolute atomic E-state index is 4.21. The molecule has 1 aliphatic heterocycles. The molecule has 1 N–H and O–H groups in total. The van der Waals surface area contributed by atoms with Crippen molar-refractivity contribution in [3.8, 4) is 5.69 Å². The lowest BCUT2D eigenvalue weighted by Crippen LogP contribution is -2.43. The topological polar surface area (TPSA) is 46.0 Å². The molecule has 1 aliphatic rings. The fraction of sp³-hybridized carbons (Fsp3) is 0.333. The van der Waals surface area contributed by atoms with E-state index in [2.05, 4.69) is 38.6 Å². The number of hydrogen-bond acceptors (Lipinski definition) is 4. The van der Waals surface area contributed by atoms with Crippen molar-refractivity contribution >= 4 is 5.69 Å². The van der Waals surface area contributed by atoms with Gasteiger partial charge in [0.25, 0.3) is 0 Å². The molecule has 17 heavy (non-hydrogen) atoms. The van der Waals surface area contributed by atoms with Crippen LogP contribution in [0.1, 0.15) is 0 Å². The first-order valence-electron chi connectivity index (χ1n) is 5.86. The van der Waals surface area contributed by atoms with E-state index in [1.54, 1.807) is 17.2 Å². The molecule has 0 atom stereocenters. The Labute approximate surface area is 100 Å². The lowest BCUT2D eigenvalue weighted by molar-refractivity contribution is 0.586. The van der Waals surface area contributed by atoms with Gasteiger partial charge in [0, 0.05) is 26.2 Å². The Kier molecular flexibility index (Phi) is 2.75. The minimum absolute atomic E-state index is 1.03. The quantitative estimate of drug-likeness (QED) is 0.822. The lowest BCUT2D eigenvalue weighted by Gasteiger charge is -2.30. The molecule has 1 aromatic carbocycles. The van der Waals surface area contributed by atoms with Crippen LogP contribution in [0.15, 0.2) is 36.7 Å². The second-order valence-electron chi connectivity index (χ2n) is 4.04. The molecule has 0 radical (unpaired) electrons. The van der Waals surface area contributed by atoms with Crippen LogP contribution >= 0.6 is 0 Å². The number of nitrogens with zero attached hydrogens (tertiary/aromatic N) is 4. The number of nitrogens with one attached hydrogen (secondary N) is 1. The molecular formula is C12H15N5. The van der Waals surface area contributed by atoms with Crippen molar-refractivity contribution < 1.29 is 0 Å². The second kappa shape index (κ2) is 4.55. The molecule has 1 aromatic heterocycles. The highest BCUT2D eigenvalue weighted by atomic mass is 15.5. The summed E-state index contributed by atoms with van der Waals surface area (Å²) >= 11 is 0. The number of piperazine rings is 1. The zero-order valence-electron chi connectivity index (χ0n) is 9.58. The third-order valence-electron chi connectivity index (χ3n) is 2.97. The van der Waals surface area contributed by atoms with Gasteiger partial charge in [-0.1, -0.05) is 12.1 Å².